The largest absolute Gasteiger partial charge is 0.331 e. The van der Waals surface area contributed by atoms with Crippen molar-refractivity contribution >= 4 is 28.2 Å². The maximum atomic E-state index is 12.3. The average molecular weight is 270 g/mol. The molecule has 0 aliphatic heterocycles. The number of para-hydroxylation sites is 2. The van der Waals surface area contributed by atoms with E-state index in [-0.39, 0.29) is 5.78 Å². The lowest BCUT2D eigenvalue weighted by atomic mass is 10.2. The van der Waals surface area contributed by atoms with Crippen molar-refractivity contribution in [1.82, 2.24) is 9.55 Å². The fraction of sp³-hybridized carbons (Fsp3) is 0.200. The number of aromatic nitrogens is 2. The Balaban J connectivity index is 1.96. The van der Waals surface area contributed by atoms with E-state index in [1.165, 1.54) is 11.3 Å². The predicted octanol–water partition coefficient (Wildman–Crippen LogP) is 3.37. The van der Waals surface area contributed by atoms with Crippen LogP contribution in [0.3, 0.4) is 0 Å². The second-order valence-corrected chi connectivity index (χ2v) is 5.52. The Labute approximate surface area is 115 Å². The quantitative estimate of drug-likeness (QED) is 0.684. The van der Waals surface area contributed by atoms with Gasteiger partial charge in [0, 0.05) is 7.05 Å². The summed E-state index contributed by atoms with van der Waals surface area (Å²) in [6, 6.07) is 9.92. The summed E-state index contributed by atoms with van der Waals surface area (Å²) in [4.78, 5) is 17.7. The van der Waals surface area contributed by atoms with Crippen molar-refractivity contribution in [1.29, 1.82) is 0 Å². The van der Waals surface area contributed by atoms with Crippen molar-refractivity contribution in [3.8, 4) is 0 Å². The second kappa shape index (κ2) is 4.63. The van der Waals surface area contributed by atoms with Crippen molar-refractivity contribution in [3.05, 3.63) is 52.0 Å². The molecule has 1 aromatic carbocycles. The monoisotopic (exact) mass is 270 g/mol. The Morgan fingerprint density at radius 1 is 1.32 bits per heavy atom. The molecular formula is C15H14N2OS. The third kappa shape index (κ3) is 2.08. The van der Waals surface area contributed by atoms with Crippen LogP contribution in [0.2, 0.25) is 0 Å². The van der Waals surface area contributed by atoms with Crippen LogP contribution >= 0.6 is 11.3 Å². The van der Waals surface area contributed by atoms with Gasteiger partial charge in [-0.15, -0.1) is 11.3 Å². The number of rotatable bonds is 3. The minimum Gasteiger partial charge on any atom is -0.331 e. The van der Waals surface area contributed by atoms with Crippen molar-refractivity contribution in [3.63, 3.8) is 0 Å². The third-order valence-electron chi connectivity index (χ3n) is 3.31. The summed E-state index contributed by atoms with van der Waals surface area (Å²) >= 11 is 1.50. The normalized spacial score (nSPS) is 11.1. The van der Waals surface area contributed by atoms with Crippen LogP contribution in [0.25, 0.3) is 11.0 Å². The maximum Gasteiger partial charge on any atom is 0.180 e. The summed E-state index contributed by atoms with van der Waals surface area (Å²) in [7, 11) is 1.96. The zero-order valence-electron chi connectivity index (χ0n) is 10.9. The summed E-state index contributed by atoms with van der Waals surface area (Å²) < 4.78 is 2.00. The Morgan fingerprint density at radius 2 is 2.11 bits per heavy atom. The predicted molar refractivity (Wildman–Crippen MR) is 77.8 cm³/mol. The SMILES string of the molecule is Cc1ccsc1C(=O)Cc1nc2ccccc2n1C. The first kappa shape index (κ1) is 12.1. The van der Waals surface area contributed by atoms with Gasteiger partial charge in [-0.3, -0.25) is 4.79 Å². The number of benzene rings is 1. The second-order valence-electron chi connectivity index (χ2n) is 4.61. The smallest absolute Gasteiger partial charge is 0.180 e. The van der Waals surface area contributed by atoms with Gasteiger partial charge in [0.25, 0.3) is 0 Å². The van der Waals surface area contributed by atoms with Crippen molar-refractivity contribution in [2.45, 2.75) is 13.3 Å². The molecule has 3 nitrogen and oxygen atoms in total. The average Bonchev–Trinajstić information content (AvgIpc) is 2.95. The zero-order valence-corrected chi connectivity index (χ0v) is 11.7. The molecule has 0 aliphatic carbocycles. The Bertz CT molecular complexity index is 754. The van der Waals surface area contributed by atoms with E-state index in [1.807, 2.05) is 54.3 Å². The number of ketones is 1. The van der Waals surface area contributed by atoms with Gasteiger partial charge in [-0.1, -0.05) is 12.1 Å². The molecule has 2 heterocycles. The molecule has 0 aliphatic rings. The van der Waals surface area contributed by atoms with Crippen LogP contribution in [0.15, 0.2) is 35.7 Å². The molecular weight excluding hydrogens is 256 g/mol. The van der Waals surface area contributed by atoms with Gasteiger partial charge in [-0.2, -0.15) is 0 Å². The van der Waals surface area contributed by atoms with Gasteiger partial charge in [-0.05, 0) is 36.1 Å². The molecule has 0 spiro atoms. The van der Waals surface area contributed by atoms with Gasteiger partial charge in [0.05, 0.1) is 22.3 Å². The highest BCUT2D eigenvalue weighted by Crippen LogP contribution is 2.20. The van der Waals surface area contributed by atoms with E-state index in [1.54, 1.807) is 0 Å². The van der Waals surface area contributed by atoms with E-state index in [9.17, 15) is 4.79 Å². The van der Waals surface area contributed by atoms with E-state index in [4.69, 9.17) is 0 Å². The number of Topliss-reactive ketones (excluding diaryl/α,β-unsaturated/α-hetero) is 1. The van der Waals surface area contributed by atoms with Crippen molar-refractivity contribution < 1.29 is 4.79 Å². The van der Waals surface area contributed by atoms with Crippen LogP contribution in [0.1, 0.15) is 21.1 Å². The fourth-order valence-corrected chi connectivity index (χ4v) is 3.10. The number of carbonyl (C=O) groups is 1. The summed E-state index contributed by atoms with van der Waals surface area (Å²) in [5.41, 5.74) is 3.05. The molecule has 0 amide bonds. The summed E-state index contributed by atoms with van der Waals surface area (Å²) in [6.45, 7) is 1.97. The lowest BCUT2D eigenvalue weighted by Gasteiger charge is -2.01. The van der Waals surface area contributed by atoms with E-state index in [2.05, 4.69) is 4.98 Å². The molecule has 4 heteroatoms. The third-order valence-corrected chi connectivity index (χ3v) is 4.37. The molecule has 96 valence electrons. The lowest BCUT2D eigenvalue weighted by molar-refractivity contribution is 0.0993. The number of imidazole rings is 1. The molecule has 3 aromatic rings. The summed E-state index contributed by atoms with van der Waals surface area (Å²) in [5.74, 6) is 0.963. The molecule has 3 rings (SSSR count). The molecule has 0 N–H and O–H groups in total. The van der Waals surface area contributed by atoms with E-state index in [0.29, 0.717) is 6.42 Å². The summed E-state index contributed by atoms with van der Waals surface area (Å²) in [6.07, 6.45) is 0.354. The molecule has 19 heavy (non-hydrogen) atoms. The first-order chi connectivity index (χ1) is 9.16. The zero-order chi connectivity index (χ0) is 13.4. The van der Waals surface area contributed by atoms with Gasteiger partial charge in [-0.25, -0.2) is 4.98 Å². The minimum absolute atomic E-state index is 0.144. The number of hydrogen-bond donors (Lipinski definition) is 0. The number of hydrogen-bond acceptors (Lipinski definition) is 3. The van der Waals surface area contributed by atoms with E-state index >= 15 is 0 Å². The highest BCUT2D eigenvalue weighted by molar-refractivity contribution is 7.12. The Kier molecular flexibility index (Phi) is 2.95. The van der Waals surface area contributed by atoms with Crippen LogP contribution in [0, 0.1) is 6.92 Å². The number of carbonyl (C=O) groups excluding carboxylic acids is 1. The van der Waals surface area contributed by atoms with Crippen molar-refractivity contribution in [2.75, 3.05) is 0 Å². The van der Waals surface area contributed by atoms with Gasteiger partial charge in [0.2, 0.25) is 0 Å². The Morgan fingerprint density at radius 3 is 2.79 bits per heavy atom. The molecule has 0 bridgehead atoms. The van der Waals surface area contributed by atoms with Crippen LogP contribution in [-0.4, -0.2) is 15.3 Å². The first-order valence-corrected chi connectivity index (χ1v) is 7.02. The van der Waals surface area contributed by atoms with Gasteiger partial charge >= 0.3 is 0 Å². The van der Waals surface area contributed by atoms with Crippen LogP contribution in [0.4, 0.5) is 0 Å². The van der Waals surface area contributed by atoms with Crippen molar-refractivity contribution in [2.24, 2.45) is 7.05 Å². The molecule has 0 radical (unpaired) electrons. The lowest BCUT2D eigenvalue weighted by Crippen LogP contribution is -2.07. The van der Waals surface area contributed by atoms with E-state index < -0.39 is 0 Å². The van der Waals surface area contributed by atoms with Gasteiger partial charge in [0.15, 0.2) is 5.78 Å². The number of fused-ring (bicyclic) bond motifs is 1. The molecule has 0 fully saturated rings. The topological polar surface area (TPSA) is 34.9 Å². The van der Waals surface area contributed by atoms with Crippen LogP contribution in [0.5, 0.6) is 0 Å². The first-order valence-electron chi connectivity index (χ1n) is 6.14. The fourth-order valence-electron chi connectivity index (χ4n) is 2.24. The number of aryl methyl sites for hydroxylation is 2. The molecule has 0 unspecified atom stereocenters. The highest BCUT2D eigenvalue weighted by atomic mass is 32.1. The molecule has 0 saturated carbocycles. The minimum atomic E-state index is 0.144. The molecule has 2 aromatic heterocycles. The highest BCUT2D eigenvalue weighted by Gasteiger charge is 2.15. The van der Waals surface area contributed by atoms with Gasteiger partial charge in [0.1, 0.15) is 5.82 Å². The number of thiophene rings is 1. The standard InChI is InChI=1S/C15H14N2OS/c1-10-7-8-19-15(10)13(18)9-14-16-11-5-3-4-6-12(11)17(14)2/h3-8H,9H2,1-2H3. The summed E-state index contributed by atoms with van der Waals surface area (Å²) in [5, 5.41) is 1.96. The molecule has 0 atom stereocenters. The molecule has 0 saturated heterocycles. The Hall–Kier alpha value is -1.94. The van der Waals surface area contributed by atoms with Crippen LogP contribution < -0.4 is 0 Å². The maximum absolute atomic E-state index is 12.3. The van der Waals surface area contributed by atoms with Crippen LogP contribution in [-0.2, 0) is 13.5 Å². The number of nitrogens with zero attached hydrogens (tertiary/aromatic N) is 2. The van der Waals surface area contributed by atoms with Gasteiger partial charge < -0.3 is 4.57 Å². The van der Waals surface area contributed by atoms with E-state index in [0.717, 1.165) is 27.3 Å².